The highest BCUT2D eigenvalue weighted by Crippen LogP contribution is 2.59. The third-order valence-electron chi connectivity index (χ3n) is 9.09. The Bertz CT molecular complexity index is 2230. The first-order valence-electron chi connectivity index (χ1n) is 16.3. The summed E-state index contributed by atoms with van der Waals surface area (Å²) in [5, 5.41) is 9.28. The number of aromatic nitrogens is 3. The van der Waals surface area contributed by atoms with Gasteiger partial charge in [0.15, 0.2) is 0 Å². The molecule has 1 aromatic heterocycles. The van der Waals surface area contributed by atoms with Gasteiger partial charge in [-0.3, -0.25) is 9.13 Å². The molecule has 0 aliphatic rings. The van der Waals surface area contributed by atoms with Gasteiger partial charge in [0.25, 0.3) is 0 Å². The summed E-state index contributed by atoms with van der Waals surface area (Å²) >= 11 is 0. The summed E-state index contributed by atoms with van der Waals surface area (Å²) in [5.74, 6) is 0. The topological polar surface area (TPSA) is 135 Å². The number of nitrogens with zero attached hydrogens (tertiary/aromatic N) is 3. The molecule has 1 heterocycles. The summed E-state index contributed by atoms with van der Waals surface area (Å²) in [7, 11) is -9.78. The highest BCUT2D eigenvalue weighted by molar-refractivity contribution is 7.61. The second-order valence-corrected chi connectivity index (χ2v) is 16.0. The van der Waals surface area contributed by atoms with E-state index in [1.807, 2.05) is 96.5 Å². The van der Waals surface area contributed by atoms with Crippen molar-refractivity contribution in [1.82, 2.24) is 15.0 Å². The molecule has 3 N–H and O–H groups in total. The first-order chi connectivity index (χ1) is 24.2. The molecule has 0 saturated carbocycles. The van der Waals surface area contributed by atoms with Crippen molar-refractivity contribution < 1.29 is 37.1 Å². The Labute approximate surface area is 294 Å². The molecule has 0 radical (unpaired) electrons. The lowest BCUT2D eigenvalue weighted by atomic mass is 9.78. The van der Waals surface area contributed by atoms with Gasteiger partial charge < -0.3 is 19.2 Å². The molecule has 0 aliphatic carbocycles. The zero-order valence-electron chi connectivity index (χ0n) is 27.9. The van der Waals surface area contributed by atoms with E-state index in [1.165, 1.54) is 12.1 Å². The van der Waals surface area contributed by atoms with Crippen molar-refractivity contribution in [3.63, 3.8) is 0 Å². The lowest BCUT2D eigenvalue weighted by Gasteiger charge is -2.36. The second-order valence-electron chi connectivity index (χ2n) is 12.6. The zero-order chi connectivity index (χ0) is 36.4. The minimum atomic E-state index is -5.74. The largest absolute Gasteiger partial charge is 0.399 e. The molecule has 0 spiro atoms. The van der Waals surface area contributed by atoms with Gasteiger partial charge in [0.1, 0.15) is 5.52 Å². The van der Waals surface area contributed by atoms with Gasteiger partial charge in [-0.15, -0.1) is 5.10 Å². The van der Waals surface area contributed by atoms with Crippen LogP contribution in [-0.2, 0) is 37.7 Å². The van der Waals surface area contributed by atoms with E-state index in [4.69, 9.17) is 4.52 Å². The van der Waals surface area contributed by atoms with Crippen LogP contribution in [0.5, 0.6) is 0 Å². The van der Waals surface area contributed by atoms with Gasteiger partial charge in [0.2, 0.25) is 0 Å². The summed E-state index contributed by atoms with van der Waals surface area (Å²) in [4.78, 5) is 29.2. The van der Waals surface area contributed by atoms with Crippen LogP contribution in [-0.4, -0.2) is 35.8 Å². The van der Waals surface area contributed by atoms with Gasteiger partial charge in [-0.1, -0.05) is 115 Å². The molecule has 51 heavy (non-hydrogen) atoms. The summed E-state index contributed by atoms with van der Waals surface area (Å²) < 4.78 is 61.0. The molecule has 3 atom stereocenters. The monoisotopic (exact) mass is 731 g/mol. The Morgan fingerprint density at radius 3 is 1.98 bits per heavy atom. The Hall–Kier alpha value is -4.34. The van der Waals surface area contributed by atoms with E-state index < -0.39 is 32.0 Å². The number of hydrogen-bond acceptors (Lipinski definition) is 5. The number of halogens is 2. The molecule has 0 saturated heterocycles. The Morgan fingerprint density at radius 1 is 0.745 bits per heavy atom. The maximum Gasteiger partial charge on any atom is 0.399 e. The molecule has 13 heteroatoms. The molecular formula is C38H37F2N3O6P2. The SMILES string of the molecule is CCC(C)OP(=O)(O)c1cccc(-c2ccc(CC(Cc3ccc(C(F)(F)P(=O)(O)O)cc3)(c3ccccc3)n3nnc4ccccc43)cc2)c1. The Morgan fingerprint density at radius 2 is 1.35 bits per heavy atom. The minimum Gasteiger partial charge on any atom is -0.321 e. The minimum absolute atomic E-state index is 0.204. The third kappa shape index (κ3) is 7.51. The van der Waals surface area contributed by atoms with Gasteiger partial charge in [0, 0.05) is 18.4 Å². The lowest BCUT2D eigenvalue weighted by molar-refractivity contribution is 0.0564. The first kappa shape index (κ1) is 36.5. The van der Waals surface area contributed by atoms with Crippen LogP contribution in [0.4, 0.5) is 8.78 Å². The average Bonchev–Trinajstić information content (AvgIpc) is 3.56. The summed E-state index contributed by atoms with van der Waals surface area (Å²) in [5.41, 5.74) is -0.644. The highest BCUT2D eigenvalue weighted by atomic mass is 31.2. The van der Waals surface area contributed by atoms with Crippen LogP contribution in [0.2, 0.25) is 0 Å². The lowest BCUT2D eigenvalue weighted by Crippen LogP contribution is -2.40. The molecular weight excluding hydrogens is 694 g/mol. The van der Waals surface area contributed by atoms with E-state index in [1.54, 1.807) is 25.1 Å². The summed E-state index contributed by atoms with van der Waals surface area (Å²) in [6.45, 7) is 3.64. The quantitative estimate of drug-likeness (QED) is 0.101. The predicted molar refractivity (Wildman–Crippen MR) is 193 cm³/mol. The first-order valence-corrected chi connectivity index (χ1v) is 19.5. The van der Waals surface area contributed by atoms with Crippen molar-refractivity contribution in [3.8, 4) is 11.1 Å². The van der Waals surface area contributed by atoms with Crippen LogP contribution in [0.3, 0.4) is 0 Å². The van der Waals surface area contributed by atoms with Gasteiger partial charge in [-0.25, -0.2) is 4.68 Å². The van der Waals surface area contributed by atoms with Crippen LogP contribution in [0.15, 0.2) is 127 Å². The van der Waals surface area contributed by atoms with Crippen LogP contribution in [0, 0.1) is 0 Å². The number of hydrogen-bond donors (Lipinski definition) is 3. The van der Waals surface area contributed by atoms with E-state index in [-0.39, 0.29) is 17.8 Å². The van der Waals surface area contributed by atoms with Crippen LogP contribution >= 0.6 is 15.2 Å². The number of fused-ring (bicyclic) bond motifs is 1. The number of benzene rings is 5. The van der Waals surface area contributed by atoms with E-state index >= 15 is 0 Å². The maximum atomic E-state index is 14.6. The number of rotatable bonds is 13. The Kier molecular flexibility index (Phi) is 10.3. The van der Waals surface area contributed by atoms with E-state index in [0.29, 0.717) is 23.9 Å². The number of para-hydroxylation sites is 1. The predicted octanol–water partition coefficient (Wildman–Crippen LogP) is 8.18. The second kappa shape index (κ2) is 14.4. The van der Waals surface area contributed by atoms with Crippen molar-refractivity contribution in [3.05, 3.63) is 150 Å². The smallest absolute Gasteiger partial charge is 0.321 e. The summed E-state index contributed by atoms with van der Waals surface area (Å²) in [6.07, 6.45) is 0.866. The third-order valence-corrected chi connectivity index (χ3v) is 11.7. The van der Waals surface area contributed by atoms with Crippen LogP contribution < -0.4 is 5.30 Å². The van der Waals surface area contributed by atoms with Crippen molar-refractivity contribution in [1.29, 1.82) is 0 Å². The average molecular weight is 732 g/mol. The van der Waals surface area contributed by atoms with Gasteiger partial charge in [0.05, 0.1) is 22.5 Å². The molecule has 0 fully saturated rings. The Balaban J connectivity index is 1.42. The van der Waals surface area contributed by atoms with Crippen molar-refractivity contribution >= 4 is 31.5 Å². The van der Waals surface area contributed by atoms with Crippen molar-refractivity contribution in [2.45, 2.75) is 50.4 Å². The molecule has 3 unspecified atom stereocenters. The van der Waals surface area contributed by atoms with Crippen molar-refractivity contribution in [2.24, 2.45) is 0 Å². The van der Waals surface area contributed by atoms with Crippen LogP contribution in [0.1, 0.15) is 42.5 Å². The van der Waals surface area contributed by atoms with Crippen LogP contribution in [0.25, 0.3) is 22.2 Å². The zero-order valence-corrected chi connectivity index (χ0v) is 29.7. The van der Waals surface area contributed by atoms with E-state index in [2.05, 4.69) is 10.3 Å². The fourth-order valence-corrected chi connectivity index (χ4v) is 8.02. The maximum absolute atomic E-state index is 14.6. The molecule has 0 bridgehead atoms. The van der Waals surface area contributed by atoms with E-state index in [9.17, 15) is 32.6 Å². The number of alkyl halides is 2. The summed E-state index contributed by atoms with van der Waals surface area (Å²) in [6, 6.07) is 36.8. The molecule has 0 amide bonds. The molecule has 6 rings (SSSR count). The molecule has 264 valence electrons. The molecule has 0 aliphatic heterocycles. The fourth-order valence-electron chi connectivity index (χ4n) is 6.19. The standard InChI is InChI=1S/C38H37F2N3O6P2/c1-3-27(2)49-50(44,45)34-13-9-10-31(24-34)30-20-16-28(17-21-30)25-37(32-11-5-4-6-12-32,43-36-15-8-7-14-35(36)41-42-43)26-29-18-22-33(23-19-29)38(39,40)51(46,47)48/h4-24,27H,3,25-26H2,1-2H3,(H,44,45)(H2,46,47,48). The van der Waals surface area contributed by atoms with Gasteiger partial charge in [-0.2, -0.15) is 8.78 Å². The van der Waals surface area contributed by atoms with E-state index in [0.717, 1.165) is 39.9 Å². The van der Waals surface area contributed by atoms with Gasteiger partial charge in [-0.05, 0) is 65.4 Å². The fraction of sp³-hybridized carbons (Fsp3) is 0.211. The molecule has 9 nitrogen and oxygen atoms in total. The highest BCUT2D eigenvalue weighted by Gasteiger charge is 2.50. The van der Waals surface area contributed by atoms with Gasteiger partial charge >= 0.3 is 20.9 Å². The molecule has 5 aromatic carbocycles. The normalized spacial score (nSPS) is 15.3. The molecule has 6 aromatic rings. The van der Waals surface area contributed by atoms with Crippen molar-refractivity contribution in [2.75, 3.05) is 0 Å².